The van der Waals surface area contributed by atoms with Gasteiger partial charge in [-0.3, -0.25) is 0 Å². The Hall–Kier alpha value is -2.50. The largest absolute Gasteiger partial charge is 0.382 e. The van der Waals surface area contributed by atoms with Gasteiger partial charge < -0.3 is 5.73 Å². The van der Waals surface area contributed by atoms with Gasteiger partial charge in [-0.2, -0.15) is 0 Å². The van der Waals surface area contributed by atoms with Crippen molar-refractivity contribution >= 4 is 16.9 Å². The maximum absolute atomic E-state index is 13.2. The Kier molecular flexibility index (Phi) is 2.22. The van der Waals surface area contributed by atoms with E-state index in [4.69, 9.17) is 5.73 Å². The van der Waals surface area contributed by atoms with E-state index in [2.05, 4.69) is 10.1 Å². The van der Waals surface area contributed by atoms with Crippen molar-refractivity contribution in [3.05, 3.63) is 48.2 Å². The van der Waals surface area contributed by atoms with Crippen molar-refractivity contribution in [1.82, 2.24) is 14.8 Å². The van der Waals surface area contributed by atoms with Gasteiger partial charge in [0.25, 0.3) is 0 Å². The highest BCUT2D eigenvalue weighted by atomic mass is 19.2. The molecule has 0 spiro atoms. The molecule has 1 aromatic carbocycles. The molecular weight excluding hydrogens is 238 g/mol. The van der Waals surface area contributed by atoms with Gasteiger partial charge in [-0.05, 0) is 24.3 Å². The standard InChI is InChI=1S/C12H8F2N4/c13-9-4-3-7(6-10(9)14)18-12-8(11(15)17-18)2-1-5-16-12/h1-6H,(H2,15,17). The first kappa shape index (κ1) is 10.6. The molecule has 3 aromatic rings. The van der Waals surface area contributed by atoms with Crippen LogP contribution in [0.1, 0.15) is 0 Å². The van der Waals surface area contributed by atoms with E-state index < -0.39 is 11.6 Å². The van der Waals surface area contributed by atoms with Gasteiger partial charge in [0.05, 0.1) is 11.1 Å². The van der Waals surface area contributed by atoms with Gasteiger partial charge in [-0.15, -0.1) is 5.10 Å². The zero-order chi connectivity index (χ0) is 12.7. The Bertz CT molecular complexity index is 736. The summed E-state index contributed by atoms with van der Waals surface area (Å²) < 4.78 is 27.5. The van der Waals surface area contributed by atoms with Crippen LogP contribution in [-0.4, -0.2) is 14.8 Å². The lowest BCUT2D eigenvalue weighted by Crippen LogP contribution is -1.99. The summed E-state index contributed by atoms with van der Waals surface area (Å²) in [4.78, 5) is 4.13. The first-order valence-corrected chi connectivity index (χ1v) is 5.21. The number of nitrogen functional groups attached to an aromatic ring is 1. The van der Waals surface area contributed by atoms with Gasteiger partial charge in [0.15, 0.2) is 23.1 Å². The Morgan fingerprint density at radius 2 is 1.94 bits per heavy atom. The average Bonchev–Trinajstić information content (AvgIpc) is 2.71. The summed E-state index contributed by atoms with van der Waals surface area (Å²) in [6, 6.07) is 7.00. The van der Waals surface area contributed by atoms with E-state index >= 15 is 0 Å². The summed E-state index contributed by atoms with van der Waals surface area (Å²) in [5, 5.41) is 4.74. The number of hydrogen-bond donors (Lipinski definition) is 1. The molecule has 0 bridgehead atoms. The van der Waals surface area contributed by atoms with Crippen molar-refractivity contribution in [1.29, 1.82) is 0 Å². The Morgan fingerprint density at radius 3 is 2.72 bits per heavy atom. The predicted octanol–water partition coefficient (Wildman–Crippen LogP) is 2.28. The molecule has 0 fully saturated rings. The molecule has 0 saturated carbocycles. The smallest absolute Gasteiger partial charge is 0.165 e. The fourth-order valence-corrected chi connectivity index (χ4v) is 1.77. The molecule has 0 aliphatic carbocycles. The lowest BCUT2D eigenvalue weighted by Gasteiger charge is -2.02. The summed E-state index contributed by atoms with van der Waals surface area (Å²) in [6.07, 6.45) is 1.58. The number of anilines is 1. The van der Waals surface area contributed by atoms with Crippen LogP contribution >= 0.6 is 0 Å². The Labute approximate surface area is 101 Å². The van der Waals surface area contributed by atoms with Crippen molar-refractivity contribution in [2.75, 3.05) is 5.73 Å². The fourth-order valence-electron chi connectivity index (χ4n) is 1.77. The van der Waals surface area contributed by atoms with Gasteiger partial charge in [-0.25, -0.2) is 18.4 Å². The van der Waals surface area contributed by atoms with Crippen molar-refractivity contribution in [2.45, 2.75) is 0 Å². The second kappa shape index (κ2) is 3.76. The highest BCUT2D eigenvalue weighted by Gasteiger charge is 2.11. The average molecular weight is 246 g/mol. The molecule has 18 heavy (non-hydrogen) atoms. The number of benzene rings is 1. The summed E-state index contributed by atoms with van der Waals surface area (Å²) in [5.41, 5.74) is 6.61. The molecule has 0 aliphatic heterocycles. The third-order valence-corrected chi connectivity index (χ3v) is 2.62. The summed E-state index contributed by atoms with van der Waals surface area (Å²) in [6.45, 7) is 0. The highest BCUT2D eigenvalue weighted by molar-refractivity contribution is 5.87. The monoisotopic (exact) mass is 246 g/mol. The van der Waals surface area contributed by atoms with Crippen LogP contribution in [0, 0.1) is 11.6 Å². The minimum atomic E-state index is -0.939. The molecule has 3 rings (SSSR count). The van der Waals surface area contributed by atoms with E-state index in [-0.39, 0.29) is 0 Å². The molecule has 0 amide bonds. The molecule has 2 aromatic heterocycles. The van der Waals surface area contributed by atoms with E-state index in [9.17, 15) is 8.78 Å². The molecule has 0 radical (unpaired) electrons. The zero-order valence-corrected chi connectivity index (χ0v) is 9.14. The lowest BCUT2D eigenvalue weighted by molar-refractivity contribution is 0.507. The summed E-state index contributed by atoms with van der Waals surface area (Å²) in [5.74, 6) is -1.55. The fraction of sp³-hybridized carbons (Fsp3) is 0. The molecule has 0 atom stereocenters. The van der Waals surface area contributed by atoms with Crippen LogP contribution in [0.4, 0.5) is 14.6 Å². The van der Waals surface area contributed by atoms with E-state index in [0.717, 1.165) is 12.1 Å². The second-order valence-corrected chi connectivity index (χ2v) is 3.77. The van der Waals surface area contributed by atoms with Gasteiger partial charge >= 0.3 is 0 Å². The first-order chi connectivity index (χ1) is 8.66. The molecule has 0 aliphatic rings. The minimum absolute atomic E-state index is 0.294. The van der Waals surface area contributed by atoms with Crippen molar-refractivity contribution in [2.24, 2.45) is 0 Å². The van der Waals surface area contributed by atoms with Crippen LogP contribution in [0.15, 0.2) is 36.5 Å². The topological polar surface area (TPSA) is 56.7 Å². The lowest BCUT2D eigenvalue weighted by atomic mass is 10.3. The molecule has 2 heterocycles. The van der Waals surface area contributed by atoms with Gasteiger partial charge in [0.1, 0.15) is 0 Å². The van der Waals surface area contributed by atoms with E-state index in [0.29, 0.717) is 22.5 Å². The van der Waals surface area contributed by atoms with E-state index in [1.807, 2.05) is 0 Å². The second-order valence-electron chi connectivity index (χ2n) is 3.77. The number of pyridine rings is 1. The predicted molar refractivity (Wildman–Crippen MR) is 63.2 cm³/mol. The Morgan fingerprint density at radius 1 is 1.11 bits per heavy atom. The van der Waals surface area contributed by atoms with E-state index in [1.54, 1.807) is 18.3 Å². The molecule has 2 N–H and O–H groups in total. The van der Waals surface area contributed by atoms with Crippen molar-refractivity contribution in [3.63, 3.8) is 0 Å². The SMILES string of the molecule is Nc1nn(-c2ccc(F)c(F)c2)c2ncccc12. The van der Waals surface area contributed by atoms with Crippen LogP contribution in [0.2, 0.25) is 0 Å². The van der Waals surface area contributed by atoms with Crippen LogP contribution in [0.3, 0.4) is 0 Å². The first-order valence-electron chi connectivity index (χ1n) is 5.21. The third kappa shape index (κ3) is 1.50. The van der Waals surface area contributed by atoms with Crippen LogP contribution in [0.5, 0.6) is 0 Å². The summed E-state index contributed by atoms with van der Waals surface area (Å²) >= 11 is 0. The zero-order valence-electron chi connectivity index (χ0n) is 9.14. The minimum Gasteiger partial charge on any atom is -0.382 e. The molecular formula is C12H8F2N4. The van der Waals surface area contributed by atoms with Crippen LogP contribution in [0.25, 0.3) is 16.7 Å². The van der Waals surface area contributed by atoms with Crippen molar-refractivity contribution < 1.29 is 8.78 Å². The van der Waals surface area contributed by atoms with Crippen LogP contribution < -0.4 is 5.73 Å². The number of nitrogens with zero attached hydrogens (tertiary/aromatic N) is 3. The van der Waals surface area contributed by atoms with E-state index in [1.165, 1.54) is 10.7 Å². The summed E-state index contributed by atoms with van der Waals surface area (Å²) in [7, 11) is 0. The quantitative estimate of drug-likeness (QED) is 0.716. The number of nitrogens with two attached hydrogens (primary N) is 1. The highest BCUT2D eigenvalue weighted by Crippen LogP contribution is 2.22. The molecule has 6 heteroatoms. The number of aromatic nitrogens is 3. The van der Waals surface area contributed by atoms with Gasteiger partial charge in [0, 0.05) is 12.3 Å². The number of halogens is 2. The maximum atomic E-state index is 13.2. The van der Waals surface area contributed by atoms with Gasteiger partial charge in [-0.1, -0.05) is 0 Å². The molecule has 0 unspecified atom stereocenters. The number of rotatable bonds is 1. The Balaban J connectivity index is 2.28. The number of hydrogen-bond acceptors (Lipinski definition) is 3. The maximum Gasteiger partial charge on any atom is 0.165 e. The van der Waals surface area contributed by atoms with Crippen LogP contribution in [-0.2, 0) is 0 Å². The third-order valence-electron chi connectivity index (χ3n) is 2.62. The normalized spacial score (nSPS) is 11.0. The van der Waals surface area contributed by atoms with Crippen molar-refractivity contribution in [3.8, 4) is 5.69 Å². The molecule has 90 valence electrons. The molecule has 4 nitrogen and oxygen atoms in total. The molecule has 0 saturated heterocycles. The number of fused-ring (bicyclic) bond motifs is 1. The van der Waals surface area contributed by atoms with Gasteiger partial charge in [0.2, 0.25) is 0 Å².